The fourth-order valence-corrected chi connectivity index (χ4v) is 4.00. The summed E-state index contributed by atoms with van der Waals surface area (Å²) in [6, 6.07) is 16.3. The molecule has 5 nitrogen and oxygen atoms in total. The average Bonchev–Trinajstić information content (AvgIpc) is 3.11. The second-order valence-corrected chi connectivity index (χ2v) is 13.4. The van der Waals surface area contributed by atoms with E-state index in [1.807, 2.05) is 51.1 Å². The highest BCUT2D eigenvalue weighted by Gasteiger charge is 2.11. The normalized spacial score (nSPS) is 11.5. The molecule has 51 heavy (non-hydrogen) atoms. The van der Waals surface area contributed by atoms with Crippen molar-refractivity contribution in [2.24, 2.45) is 11.8 Å². The van der Waals surface area contributed by atoms with Crippen LogP contribution in [0.4, 0.5) is 0 Å². The molecule has 1 atom stereocenters. The Labute approximate surface area is 314 Å². The quantitative estimate of drug-likeness (QED) is 0.196. The number of ketones is 2. The lowest BCUT2D eigenvalue weighted by atomic mass is 9.88. The van der Waals surface area contributed by atoms with Gasteiger partial charge in [-0.1, -0.05) is 150 Å². The molecule has 5 heteroatoms. The number of Topliss-reactive ketones (excluding diaryl/α,β-unsaturated/α-hetero) is 2. The maximum absolute atomic E-state index is 11.9. The third-order valence-corrected chi connectivity index (χ3v) is 8.02. The number of unbranched alkanes of at least 4 members (excludes halogenated alkanes) is 2. The number of esters is 1. The number of pyridine rings is 1. The van der Waals surface area contributed by atoms with Gasteiger partial charge in [0.25, 0.3) is 0 Å². The fourth-order valence-electron chi connectivity index (χ4n) is 4.00. The summed E-state index contributed by atoms with van der Waals surface area (Å²) in [6.07, 6.45) is 14.1. The van der Waals surface area contributed by atoms with Crippen LogP contribution in [0.5, 0.6) is 0 Å². The summed E-state index contributed by atoms with van der Waals surface area (Å²) in [7, 11) is 0. The highest BCUT2D eigenvalue weighted by molar-refractivity contribution is 5.83. The molecule has 0 N–H and O–H groups in total. The summed E-state index contributed by atoms with van der Waals surface area (Å²) >= 11 is 0. The Morgan fingerprint density at radius 2 is 1.33 bits per heavy atom. The first-order valence-electron chi connectivity index (χ1n) is 19.8. The van der Waals surface area contributed by atoms with Crippen molar-refractivity contribution in [3.05, 3.63) is 77.1 Å². The van der Waals surface area contributed by atoms with Gasteiger partial charge in [-0.2, -0.15) is 0 Å². The topological polar surface area (TPSA) is 73.3 Å². The molecule has 0 saturated heterocycles. The van der Waals surface area contributed by atoms with E-state index < -0.39 is 0 Å². The maximum atomic E-state index is 11.9. The van der Waals surface area contributed by atoms with Crippen LogP contribution in [0.15, 0.2) is 54.7 Å². The zero-order valence-corrected chi connectivity index (χ0v) is 35.4. The van der Waals surface area contributed by atoms with Gasteiger partial charge in [0.15, 0.2) is 0 Å². The monoisotopic (exact) mass is 708 g/mol. The van der Waals surface area contributed by atoms with E-state index in [4.69, 9.17) is 4.74 Å². The van der Waals surface area contributed by atoms with Gasteiger partial charge in [-0.05, 0) is 87.4 Å². The lowest BCUT2D eigenvalue weighted by molar-refractivity contribution is -0.144. The molecule has 1 fully saturated rings. The van der Waals surface area contributed by atoms with E-state index in [1.54, 1.807) is 13.1 Å². The molecular formula is C46H77NO4. The van der Waals surface area contributed by atoms with Crippen LogP contribution < -0.4 is 0 Å². The van der Waals surface area contributed by atoms with Crippen molar-refractivity contribution in [1.82, 2.24) is 4.98 Å². The Kier molecular flexibility index (Phi) is 35.8. The zero-order chi connectivity index (χ0) is 39.6. The molecule has 1 heterocycles. The number of benzene rings is 2. The van der Waals surface area contributed by atoms with Crippen molar-refractivity contribution in [1.29, 1.82) is 0 Å². The van der Waals surface area contributed by atoms with Crippen molar-refractivity contribution in [3.8, 4) is 0 Å². The molecule has 4 rings (SSSR count). The van der Waals surface area contributed by atoms with Gasteiger partial charge in [0.2, 0.25) is 0 Å². The van der Waals surface area contributed by atoms with Crippen LogP contribution in [-0.4, -0.2) is 29.1 Å². The fraction of sp³-hybridized carbons (Fsp3) is 0.609. The van der Waals surface area contributed by atoms with Crippen LogP contribution >= 0.6 is 0 Å². The van der Waals surface area contributed by atoms with E-state index in [0.29, 0.717) is 18.7 Å². The second-order valence-electron chi connectivity index (χ2n) is 13.4. The van der Waals surface area contributed by atoms with Gasteiger partial charge in [-0.25, -0.2) is 0 Å². The van der Waals surface area contributed by atoms with Gasteiger partial charge in [-0.3, -0.25) is 9.78 Å². The lowest BCUT2D eigenvalue weighted by Gasteiger charge is -2.18. The number of aryl methyl sites for hydroxylation is 2. The summed E-state index contributed by atoms with van der Waals surface area (Å²) in [5.74, 6) is 1.31. The average molecular weight is 708 g/mol. The molecule has 1 aromatic heterocycles. The van der Waals surface area contributed by atoms with Crippen molar-refractivity contribution in [2.75, 3.05) is 6.61 Å². The first-order chi connectivity index (χ1) is 24.2. The highest BCUT2D eigenvalue weighted by atomic mass is 16.5. The smallest absolute Gasteiger partial charge is 0.311 e. The number of carbonyl (C=O) groups is 3. The van der Waals surface area contributed by atoms with Crippen LogP contribution in [0.1, 0.15) is 163 Å². The molecule has 1 unspecified atom stereocenters. The van der Waals surface area contributed by atoms with Crippen molar-refractivity contribution < 1.29 is 19.1 Å². The van der Waals surface area contributed by atoms with Crippen LogP contribution in [0.25, 0.3) is 10.8 Å². The number of aromatic nitrogens is 1. The number of hydrogen-bond donors (Lipinski definition) is 0. The van der Waals surface area contributed by atoms with E-state index >= 15 is 0 Å². The molecule has 0 aliphatic heterocycles. The second kappa shape index (κ2) is 35.1. The van der Waals surface area contributed by atoms with Gasteiger partial charge in [0.05, 0.1) is 18.7 Å². The standard InChI is InChI=1S/C18H21NO3.C10H14.C5H10.2C4H10.C3H6O.C2H6/c1-13(7-8-14(2)20)12-22-18(21)10-17-9-15-5-3-4-6-16(15)11-19-17;1-4-10-7-5-6-8(2)9(10)3;1-5-3-2-4-5;2*1-3-4-2;1-3(2)4;1-2/h3-6,9,11,13H,7-8,10,12H2,1-2H3;5-7H,4H2,1-3H3;5H,2-4H2,1H3;2*3-4H2,1-2H3;1-2H3;1-2H3. The lowest BCUT2D eigenvalue weighted by Crippen LogP contribution is -2.15. The molecule has 0 amide bonds. The Morgan fingerprint density at radius 3 is 1.75 bits per heavy atom. The Hall–Kier alpha value is -3.34. The number of carbonyl (C=O) groups excluding carboxylic acids is 3. The van der Waals surface area contributed by atoms with Crippen molar-refractivity contribution >= 4 is 28.3 Å². The van der Waals surface area contributed by atoms with E-state index in [0.717, 1.165) is 29.5 Å². The molecule has 3 aromatic rings. The van der Waals surface area contributed by atoms with E-state index in [1.165, 1.54) is 75.5 Å². The third kappa shape index (κ3) is 31.1. The van der Waals surface area contributed by atoms with E-state index in [2.05, 4.69) is 78.6 Å². The summed E-state index contributed by atoms with van der Waals surface area (Å²) < 4.78 is 5.26. The molecule has 2 aromatic carbocycles. The van der Waals surface area contributed by atoms with Gasteiger partial charge >= 0.3 is 5.97 Å². The van der Waals surface area contributed by atoms with Gasteiger partial charge < -0.3 is 14.3 Å². The summed E-state index contributed by atoms with van der Waals surface area (Å²) in [6.45, 7) is 28.5. The summed E-state index contributed by atoms with van der Waals surface area (Å²) in [5.41, 5.74) is 5.03. The number of ether oxygens (including phenoxy) is 1. The van der Waals surface area contributed by atoms with Crippen molar-refractivity contribution in [3.63, 3.8) is 0 Å². The minimum Gasteiger partial charge on any atom is -0.465 e. The highest BCUT2D eigenvalue weighted by Crippen LogP contribution is 2.24. The Morgan fingerprint density at radius 1 is 0.824 bits per heavy atom. The number of hydrogen-bond acceptors (Lipinski definition) is 5. The Balaban J connectivity index is -0.000000652. The van der Waals surface area contributed by atoms with Crippen LogP contribution in [0.3, 0.4) is 0 Å². The summed E-state index contributed by atoms with van der Waals surface area (Å²) in [5, 5.41) is 2.12. The molecule has 1 aliphatic rings. The molecule has 1 saturated carbocycles. The van der Waals surface area contributed by atoms with Gasteiger partial charge in [-0.15, -0.1) is 0 Å². The van der Waals surface area contributed by atoms with Crippen molar-refractivity contribution in [2.45, 2.75) is 168 Å². The SMILES string of the molecule is CC.CC(=O)CCC(C)COC(=O)Cc1cc2ccccc2cn1.CC(C)=O.CC1CCC1.CCCC.CCCC.CCc1cccc(C)c1C. The Bertz CT molecular complexity index is 1280. The molecule has 0 spiro atoms. The number of fused-ring (bicyclic) bond motifs is 1. The predicted octanol–water partition coefficient (Wildman–Crippen LogP) is 13.2. The first kappa shape index (κ1) is 52.0. The van der Waals surface area contributed by atoms with Crippen LogP contribution in [-0.2, 0) is 32.0 Å². The minimum absolute atomic E-state index is 0.165. The van der Waals surface area contributed by atoms with Crippen LogP contribution in [0, 0.1) is 25.7 Å². The van der Waals surface area contributed by atoms with E-state index in [-0.39, 0.29) is 29.9 Å². The first-order valence-corrected chi connectivity index (χ1v) is 19.8. The van der Waals surface area contributed by atoms with Gasteiger partial charge in [0, 0.05) is 18.0 Å². The molecule has 1 aliphatic carbocycles. The maximum Gasteiger partial charge on any atom is 0.311 e. The van der Waals surface area contributed by atoms with Gasteiger partial charge in [0.1, 0.15) is 11.6 Å². The third-order valence-electron chi connectivity index (χ3n) is 8.02. The molecule has 0 bridgehead atoms. The number of rotatable bonds is 10. The predicted molar refractivity (Wildman–Crippen MR) is 223 cm³/mol. The largest absolute Gasteiger partial charge is 0.465 e. The minimum atomic E-state index is -0.280. The molecule has 0 radical (unpaired) electrons. The number of nitrogens with zero attached hydrogens (tertiary/aromatic N) is 1. The summed E-state index contributed by atoms with van der Waals surface area (Å²) in [4.78, 5) is 36.5. The zero-order valence-electron chi connectivity index (χ0n) is 35.4. The molecule has 290 valence electrons. The molecular weight excluding hydrogens is 631 g/mol. The van der Waals surface area contributed by atoms with E-state index in [9.17, 15) is 14.4 Å². The van der Waals surface area contributed by atoms with Crippen LogP contribution in [0.2, 0.25) is 0 Å².